The smallest absolute Gasteiger partial charge is 0.230 e. The monoisotopic (exact) mass is 466 g/mol. The zero-order valence-electron chi connectivity index (χ0n) is 19.0. The largest absolute Gasteiger partial charge is 0.326 e. The topological polar surface area (TPSA) is 83.6 Å². The van der Waals surface area contributed by atoms with Crippen LogP contribution in [0, 0.1) is 5.92 Å². The van der Waals surface area contributed by atoms with Gasteiger partial charge < -0.3 is 10.2 Å². The Morgan fingerprint density at radius 2 is 1.85 bits per heavy atom. The Bertz CT molecular complexity index is 1220. The number of benzene rings is 2. The summed E-state index contributed by atoms with van der Waals surface area (Å²) >= 11 is 0. The third kappa shape index (κ3) is 4.43. The Hall–Kier alpha value is -2.67. The molecule has 5 rings (SSSR count). The molecule has 2 aromatic rings. The van der Waals surface area contributed by atoms with Crippen molar-refractivity contribution in [3.8, 4) is 0 Å². The number of sulfone groups is 1. The van der Waals surface area contributed by atoms with Crippen LogP contribution in [0.1, 0.15) is 55.7 Å². The highest BCUT2D eigenvalue weighted by Gasteiger charge is 2.39. The number of nitrogens with zero attached hydrogens (tertiary/aromatic N) is 1. The summed E-state index contributed by atoms with van der Waals surface area (Å²) in [4.78, 5) is 27.3. The number of carbonyl (C=O) groups excluding carboxylic acids is 2. The fourth-order valence-corrected chi connectivity index (χ4v) is 6.41. The van der Waals surface area contributed by atoms with E-state index in [1.54, 1.807) is 18.2 Å². The lowest BCUT2D eigenvalue weighted by molar-refractivity contribution is -0.120. The number of rotatable bonds is 6. The molecule has 0 spiro atoms. The fraction of sp³-hybridized carbons (Fsp3) is 0.462. The number of fused-ring (bicyclic) bond motifs is 2. The van der Waals surface area contributed by atoms with Crippen LogP contribution >= 0.6 is 0 Å². The van der Waals surface area contributed by atoms with Crippen molar-refractivity contribution in [3.63, 3.8) is 0 Å². The van der Waals surface area contributed by atoms with Crippen LogP contribution in [0.15, 0.2) is 41.3 Å². The molecule has 2 amide bonds. The van der Waals surface area contributed by atoms with E-state index in [1.165, 1.54) is 11.1 Å². The van der Waals surface area contributed by atoms with Crippen molar-refractivity contribution in [2.45, 2.75) is 69.2 Å². The molecule has 1 aliphatic heterocycles. The summed E-state index contributed by atoms with van der Waals surface area (Å²) in [6.45, 7) is 2.00. The van der Waals surface area contributed by atoms with Crippen molar-refractivity contribution in [2.75, 3.05) is 16.0 Å². The van der Waals surface area contributed by atoms with E-state index in [2.05, 4.69) is 11.4 Å². The molecule has 2 aromatic carbocycles. The SMILES string of the molecule is C[C@H]1Cc2cc(S(=O)(=O)CCC(=O)Nc3cccc4c3CCCC4)ccc2N1C(=O)C1CC1. The maximum atomic E-state index is 13.0. The van der Waals surface area contributed by atoms with Crippen LogP contribution in [0.4, 0.5) is 11.4 Å². The lowest BCUT2D eigenvalue weighted by atomic mass is 9.90. The van der Waals surface area contributed by atoms with Gasteiger partial charge >= 0.3 is 0 Å². The molecule has 7 heteroatoms. The van der Waals surface area contributed by atoms with Gasteiger partial charge in [-0.2, -0.15) is 0 Å². The van der Waals surface area contributed by atoms with E-state index < -0.39 is 9.84 Å². The molecule has 0 radical (unpaired) electrons. The van der Waals surface area contributed by atoms with Gasteiger partial charge in [-0.1, -0.05) is 12.1 Å². The molecule has 6 nitrogen and oxygen atoms in total. The Morgan fingerprint density at radius 3 is 2.64 bits per heavy atom. The lowest BCUT2D eigenvalue weighted by Crippen LogP contribution is -2.36. The van der Waals surface area contributed by atoms with Crippen LogP contribution in [0.5, 0.6) is 0 Å². The van der Waals surface area contributed by atoms with Gasteiger partial charge in [-0.15, -0.1) is 0 Å². The van der Waals surface area contributed by atoms with Crippen LogP contribution in [0.2, 0.25) is 0 Å². The third-order valence-electron chi connectivity index (χ3n) is 7.06. The number of amides is 2. The summed E-state index contributed by atoms with van der Waals surface area (Å²) in [7, 11) is -3.61. The van der Waals surface area contributed by atoms with Gasteiger partial charge in [0, 0.05) is 29.8 Å². The van der Waals surface area contributed by atoms with Gasteiger partial charge in [0.1, 0.15) is 0 Å². The van der Waals surface area contributed by atoms with E-state index in [0.29, 0.717) is 6.42 Å². The zero-order chi connectivity index (χ0) is 23.2. The quantitative estimate of drug-likeness (QED) is 0.696. The third-order valence-corrected chi connectivity index (χ3v) is 8.77. The molecule has 0 bridgehead atoms. The highest BCUT2D eigenvalue weighted by molar-refractivity contribution is 7.91. The van der Waals surface area contributed by atoms with Crippen molar-refractivity contribution in [2.24, 2.45) is 5.92 Å². The van der Waals surface area contributed by atoms with E-state index in [1.807, 2.05) is 24.0 Å². The van der Waals surface area contributed by atoms with Gasteiger partial charge in [0.05, 0.1) is 10.6 Å². The summed E-state index contributed by atoms with van der Waals surface area (Å²) in [6.07, 6.45) is 6.67. The van der Waals surface area contributed by atoms with Gasteiger partial charge in [0.25, 0.3) is 0 Å². The molecule has 33 heavy (non-hydrogen) atoms. The van der Waals surface area contributed by atoms with Crippen LogP contribution in [0.3, 0.4) is 0 Å². The average molecular weight is 467 g/mol. The highest BCUT2D eigenvalue weighted by Crippen LogP contribution is 2.39. The molecule has 0 aromatic heterocycles. The van der Waals surface area contributed by atoms with Crippen molar-refractivity contribution >= 4 is 33.0 Å². The number of hydrogen-bond donors (Lipinski definition) is 1. The van der Waals surface area contributed by atoms with Gasteiger partial charge in [-0.3, -0.25) is 9.59 Å². The molecule has 2 aliphatic carbocycles. The van der Waals surface area contributed by atoms with E-state index in [-0.39, 0.29) is 40.8 Å². The van der Waals surface area contributed by atoms with Gasteiger partial charge in [0.15, 0.2) is 9.84 Å². The number of carbonyl (C=O) groups is 2. The number of anilines is 2. The summed E-state index contributed by atoms with van der Waals surface area (Å²) in [6, 6.07) is 11.0. The van der Waals surface area contributed by atoms with Crippen LogP contribution in [-0.2, 0) is 38.7 Å². The summed E-state index contributed by atoms with van der Waals surface area (Å²) in [5.74, 6) is -0.256. The second kappa shape index (κ2) is 8.60. The highest BCUT2D eigenvalue weighted by atomic mass is 32.2. The summed E-state index contributed by atoms with van der Waals surface area (Å²) < 4.78 is 26.0. The van der Waals surface area contributed by atoms with Crippen molar-refractivity contribution in [3.05, 3.63) is 53.1 Å². The van der Waals surface area contributed by atoms with E-state index >= 15 is 0 Å². The van der Waals surface area contributed by atoms with Crippen molar-refractivity contribution in [1.29, 1.82) is 0 Å². The second-order valence-electron chi connectivity index (χ2n) is 9.59. The molecule has 1 saturated carbocycles. The van der Waals surface area contributed by atoms with Crippen molar-refractivity contribution in [1.82, 2.24) is 0 Å². The predicted molar refractivity (Wildman–Crippen MR) is 128 cm³/mol. The standard InChI is InChI=1S/C26H30N2O4S/c1-17-15-20-16-21(11-12-24(20)28(17)26(30)19-9-10-19)33(31,32)14-13-25(29)27-23-8-4-6-18-5-2-3-7-22(18)23/h4,6,8,11-12,16-17,19H,2-3,5,7,9-10,13-15H2,1H3,(H,27,29)/t17-/m0/s1. The molecule has 0 saturated heterocycles. The molecule has 1 fully saturated rings. The predicted octanol–water partition coefficient (Wildman–Crippen LogP) is 4.06. The van der Waals surface area contributed by atoms with Gasteiger partial charge in [-0.05, 0) is 92.8 Å². The molecule has 0 unspecified atom stereocenters. The molecule has 1 atom stereocenters. The maximum absolute atomic E-state index is 13.0. The molecule has 1 N–H and O–H groups in total. The molecule has 174 valence electrons. The van der Waals surface area contributed by atoms with Gasteiger partial charge in [0.2, 0.25) is 11.8 Å². The minimum Gasteiger partial charge on any atom is -0.326 e. The van der Waals surface area contributed by atoms with E-state index in [9.17, 15) is 18.0 Å². The molecule has 3 aliphatic rings. The zero-order valence-corrected chi connectivity index (χ0v) is 19.8. The van der Waals surface area contributed by atoms with E-state index in [4.69, 9.17) is 0 Å². The average Bonchev–Trinajstić information content (AvgIpc) is 3.59. The Balaban J connectivity index is 1.26. The second-order valence-corrected chi connectivity index (χ2v) is 11.7. The van der Waals surface area contributed by atoms with E-state index in [0.717, 1.165) is 55.5 Å². The summed E-state index contributed by atoms with van der Waals surface area (Å²) in [5.41, 5.74) is 4.97. The first-order valence-electron chi connectivity index (χ1n) is 11.9. The lowest BCUT2D eigenvalue weighted by Gasteiger charge is -2.22. The number of aryl methyl sites for hydroxylation is 1. The molecular weight excluding hydrogens is 436 g/mol. The normalized spacial score (nSPS) is 19.7. The van der Waals surface area contributed by atoms with Crippen LogP contribution in [0.25, 0.3) is 0 Å². The first kappa shape index (κ1) is 22.1. The minimum absolute atomic E-state index is 0.0358. The molecular formula is C26H30N2O4S. The minimum atomic E-state index is -3.61. The first-order valence-corrected chi connectivity index (χ1v) is 13.6. The summed E-state index contributed by atoms with van der Waals surface area (Å²) in [5, 5.41) is 2.93. The van der Waals surface area contributed by atoms with Gasteiger partial charge in [-0.25, -0.2) is 8.42 Å². The Labute approximate surface area is 195 Å². The number of hydrogen-bond acceptors (Lipinski definition) is 4. The van der Waals surface area contributed by atoms with Crippen molar-refractivity contribution < 1.29 is 18.0 Å². The first-order chi connectivity index (χ1) is 15.8. The van der Waals surface area contributed by atoms with Crippen LogP contribution < -0.4 is 10.2 Å². The fourth-order valence-electron chi connectivity index (χ4n) is 5.12. The number of nitrogens with one attached hydrogen (secondary N) is 1. The maximum Gasteiger partial charge on any atom is 0.230 e. The van der Waals surface area contributed by atoms with Crippen LogP contribution in [-0.4, -0.2) is 32.0 Å². The molecule has 1 heterocycles. The Kier molecular flexibility index (Phi) is 5.77. The Morgan fingerprint density at radius 1 is 1.06 bits per heavy atom.